The van der Waals surface area contributed by atoms with Crippen molar-refractivity contribution in [3.05, 3.63) is 0 Å². The van der Waals surface area contributed by atoms with Crippen LogP contribution in [0.5, 0.6) is 0 Å². The summed E-state index contributed by atoms with van der Waals surface area (Å²) in [5.74, 6) is -0.441. The first-order valence-electron chi connectivity index (χ1n) is 7.19. The van der Waals surface area contributed by atoms with Crippen LogP contribution in [0.4, 0.5) is 13.2 Å². The highest BCUT2D eigenvalue weighted by atomic mass is 19.4. The van der Waals surface area contributed by atoms with Crippen LogP contribution in [0.1, 0.15) is 46.5 Å². The Morgan fingerprint density at radius 1 is 1.33 bits per heavy atom. The molecule has 3 atom stereocenters. The van der Waals surface area contributed by atoms with Gasteiger partial charge < -0.3 is 9.47 Å². The summed E-state index contributed by atoms with van der Waals surface area (Å²) in [5.41, 5.74) is -0.961. The Morgan fingerprint density at radius 3 is 2.43 bits per heavy atom. The molecule has 1 fully saturated rings. The van der Waals surface area contributed by atoms with Gasteiger partial charge in [-0.25, -0.2) is 0 Å². The molecule has 4 nitrogen and oxygen atoms in total. The Morgan fingerprint density at radius 2 is 1.95 bits per heavy atom. The van der Waals surface area contributed by atoms with Crippen LogP contribution >= 0.6 is 0 Å². The second-order valence-electron chi connectivity index (χ2n) is 5.91. The summed E-state index contributed by atoms with van der Waals surface area (Å²) < 4.78 is 47.7. The Bertz CT molecular complexity index is 360. The van der Waals surface area contributed by atoms with Crippen molar-refractivity contribution in [3.8, 4) is 0 Å². The van der Waals surface area contributed by atoms with Crippen molar-refractivity contribution in [3.63, 3.8) is 0 Å². The normalized spacial score (nSPS) is 28.5. The molecular weight excluding hydrogens is 287 g/mol. The molecule has 0 spiro atoms. The minimum atomic E-state index is -4.39. The molecule has 0 radical (unpaired) electrons. The third-order valence-electron chi connectivity index (χ3n) is 3.70. The Balaban J connectivity index is 2.81. The van der Waals surface area contributed by atoms with Gasteiger partial charge in [-0.15, -0.1) is 0 Å². The molecule has 0 aromatic heterocycles. The van der Waals surface area contributed by atoms with Gasteiger partial charge in [0.2, 0.25) is 0 Å². The van der Waals surface area contributed by atoms with Crippen molar-refractivity contribution in [2.75, 3.05) is 7.11 Å². The first kappa shape index (κ1) is 18.2. The van der Waals surface area contributed by atoms with E-state index in [1.54, 1.807) is 0 Å². The molecule has 0 aromatic rings. The second kappa shape index (κ2) is 6.96. The number of ether oxygens (including phenoxy) is 2. The molecule has 0 aromatic carbocycles. The zero-order valence-electron chi connectivity index (χ0n) is 12.9. The molecule has 124 valence electrons. The molecule has 0 bridgehead atoms. The molecular formula is C14H24F3NO3. The molecule has 1 saturated carbocycles. The number of alkyl halides is 3. The minimum Gasteiger partial charge on any atom is -0.468 e. The van der Waals surface area contributed by atoms with E-state index in [0.29, 0.717) is 19.3 Å². The van der Waals surface area contributed by atoms with Crippen LogP contribution in [-0.2, 0) is 14.3 Å². The van der Waals surface area contributed by atoms with E-state index < -0.39 is 29.9 Å². The average Bonchev–Trinajstić information content (AvgIpc) is 2.36. The van der Waals surface area contributed by atoms with E-state index in [1.165, 1.54) is 7.11 Å². The number of esters is 1. The van der Waals surface area contributed by atoms with Crippen molar-refractivity contribution in [2.24, 2.45) is 0 Å². The summed E-state index contributed by atoms with van der Waals surface area (Å²) in [6.45, 7) is 4.76. The lowest BCUT2D eigenvalue weighted by Crippen LogP contribution is -2.59. The van der Waals surface area contributed by atoms with Gasteiger partial charge in [-0.05, 0) is 40.0 Å². The standard InChI is InChI=1S/C14H24F3NO3/c1-9(2)18-13(12(19)20-4)7-5-6-11(8-13)21-10(3)14(15,16)17/h9-11,18H,5-8H2,1-4H3. The van der Waals surface area contributed by atoms with Gasteiger partial charge in [0, 0.05) is 12.5 Å². The van der Waals surface area contributed by atoms with Crippen LogP contribution in [0.3, 0.4) is 0 Å². The van der Waals surface area contributed by atoms with Crippen LogP contribution in [0.25, 0.3) is 0 Å². The molecule has 21 heavy (non-hydrogen) atoms. The topological polar surface area (TPSA) is 47.6 Å². The highest BCUT2D eigenvalue weighted by Crippen LogP contribution is 2.34. The maximum absolute atomic E-state index is 12.6. The quantitative estimate of drug-likeness (QED) is 0.793. The number of nitrogens with one attached hydrogen (secondary N) is 1. The number of carbonyl (C=O) groups excluding carboxylic acids is 1. The number of hydrogen-bond donors (Lipinski definition) is 1. The highest BCUT2D eigenvalue weighted by Gasteiger charge is 2.46. The average molecular weight is 311 g/mol. The number of rotatable bonds is 5. The van der Waals surface area contributed by atoms with Gasteiger partial charge in [0.25, 0.3) is 0 Å². The molecule has 0 aliphatic heterocycles. The fourth-order valence-corrected chi connectivity index (χ4v) is 2.83. The van der Waals surface area contributed by atoms with Crippen molar-refractivity contribution < 1.29 is 27.4 Å². The SMILES string of the molecule is COC(=O)C1(NC(C)C)CCCC(OC(C)C(F)(F)F)C1. The fraction of sp³-hybridized carbons (Fsp3) is 0.929. The Hall–Kier alpha value is -0.820. The zero-order chi connectivity index (χ0) is 16.3. The Labute approximate surface area is 123 Å². The molecule has 0 saturated heterocycles. The summed E-state index contributed by atoms with van der Waals surface area (Å²) >= 11 is 0. The molecule has 1 N–H and O–H groups in total. The van der Waals surface area contributed by atoms with Crippen LogP contribution in [0, 0.1) is 0 Å². The van der Waals surface area contributed by atoms with Crippen LogP contribution < -0.4 is 5.32 Å². The predicted molar refractivity (Wildman–Crippen MR) is 71.9 cm³/mol. The van der Waals surface area contributed by atoms with Crippen LogP contribution in [-0.4, -0.2) is 43.0 Å². The minimum absolute atomic E-state index is 0.0166. The van der Waals surface area contributed by atoms with E-state index in [-0.39, 0.29) is 12.5 Å². The molecule has 1 aliphatic rings. The van der Waals surface area contributed by atoms with E-state index in [9.17, 15) is 18.0 Å². The third-order valence-corrected chi connectivity index (χ3v) is 3.70. The van der Waals surface area contributed by atoms with Crippen LogP contribution in [0.2, 0.25) is 0 Å². The van der Waals surface area contributed by atoms with E-state index in [0.717, 1.165) is 6.92 Å². The summed E-state index contributed by atoms with van der Waals surface area (Å²) in [7, 11) is 1.29. The van der Waals surface area contributed by atoms with Gasteiger partial charge in [0.05, 0.1) is 13.2 Å². The molecule has 0 heterocycles. The lowest BCUT2D eigenvalue weighted by Gasteiger charge is -2.41. The van der Waals surface area contributed by atoms with Crippen molar-refractivity contribution in [1.82, 2.24) is 5.32 Å². The van der Waals surface area contributed by atoms with Crippen molar-refractivity contribution in [1.29, 1.82) is 0 Å². The van der Waals surface area contributed by atoms with Gasteiger partial charge >= 0.3 is 12.1 Å². The summed E-state index contributed by atoms with van der Waals surface area (Å²) in [6, 6.07) is 0.0166. The number of methoxy groups -OCH3 is 1. The first-order valence-corrected chi connectivity index (χ1v) is 7.19. The summed E-state index contributed by atoms with van der Waals surface area (Å²) in [4.78, 5) is 12.1. The lowest BCUT2D eigenvalue weighted by molar-refractivity contribution is -0.231. The van der Waals surface area contributed by atoms with Crippen molar-refractivity contribution in [2.45, 2.75) is 76.4 Å². The molecule has 1 aliphatic carbocycles. The lowest BCUT2D eigenvalue weighted by atomic mass is 9.79. The van der Waals surface area contributed by atoms with Gasteiger partial charge in [0.15, 0.2) is 6.10 Å². The van der Waals surface area contributed by atoms with Gasteiger partial charge in [0.1, 0.15) is 5.54 Å². The zero-order valence-corrected chi connectivity index (χ0v) is 12.9. The first-order chi connectivity index (χ1) is 9.60. The van der Waals surface area contributed by atoms with Gasteiger partial charge in [-0.3, -0.25) is 10.1 Å². The van der Waals surface area contributed by atoms with E-state index >= 15 is 0 Å². The third kappa shape index (κ3) is 4.85. The molecule has 0 amide bonds. The number of halogens is 3. The Kier molecular flexibility index (Phi) is 6.04. The summed E-state index contributed by atoms with van der Waals surface area (Å²) in [5, 5.41) is 3.15. The summed E-state index contributed by atoms with van der Waals surface area (Å²) in [6.07, 6.45) is -4.98. The van der Waals surface area contributed by atoms with Gasteiger partial charge in [-0.1, -0.05) is 0 Å². The largest absolute Gasteiger partial charge is 0.468 e. The van der Waals surface area contributed by atoms with E-state index in [1.807, 2.05) is 13.8 Å². The molecule has 3 unspecified atom stereocenters. The highest BCUT2D eigenvalue weighted by molar-refractivity contribution is 5.81. The van der Waals surface area contributed by atoms with E-state index in [4.69, 9.17) is 9.47 Å². The maximum atomic E-state index is 12.6. The smallest absolute Gasteiger partial charge is 0.414 e. The van der Waals surface area contributed by atoms with E-state index in [2.05, 4.69) is 5.32 Å². The maximum Gasteiger partial charge on any atom is 0.414 e. The monoisotopic (exact) mass is 311 g/mol. The van der Waals surface area contributed by atoms with Crippen LogP contribution in [0.15, 0.2) is 0 Å². The second-order valence-corrected chi connectivity index (χ2v) is 5.91. The number of hydrogen-bond acceptors (Lipinski definition) is 4. The molecule has 1 rings (SSSR count). The predicted octanol–water partition coefficient (Wildman–Crippen LogP) is 2.81. The van der Waals surface area contributed by atoms with Crippen molar-refractivity contribution >= 4 is 5.97 Å². The van der Waals surface area contributed by atoms with Gasteiger partial charge in [-0.2, -0.15) is 13.2 Å². The fourth-order valence-electron chi connectivity index (χ4n) is 2.83. The number of carbonyl (C=O) groups is 1. The molecule has 7 heteroatoms.